The lowest BCUT2D eigenvalue weighted by Gasteiger charge is -2.22. The van der Waals surface area contributed by atoms with E-state index in [4.69, 9.17) is 27.0 Å². The zero-order valence-corrected chi connectivity index (χ0v) is 20.2. The first kappa shape index (κ1) is 31.7. The first-order valence-corrected chi connectivity index (χ1v) is 13.1. The lowest BCUT2D eigenvalue weighted by Crippen LogP contribution is -2.55. The van der Waals surface area contributed by atoms with E-state index in [0.717, 1.165) is 4.49 Å². The number of hydrogen-bond acceptors (Lipinski definition) is 8. The van der Waals surface area contributed by atoms with Gasteiger partial charge in [-0.25, -0.2) is 9.36 Å². The Kier molecular flexibility index (Phi) is 13.8. The van der Waals surface area contributed by atoms with Gasteiger partial charge in [0, 0.05) is 6.54 Å². The molecule has 2 amide bonds. The van der Waals surface area contributed by atoms with Crippen molar-refractivity contribution >= 4 is 41.7 Å². The van der Waals surface area contributed by atoms with Crippen LogP contribution in [0, 0.1) is 0 Å². The summed E-state index contributed by atoms with van der Waals surface area (Å²) in [4.78, 5) is 57.6. The van der Waals surface area contributed by atoms with Crippen LogP contribution in [0.4, 0.5) is 0 Å². The van der Waals surface area contributed by atoms with E-state index < -0.39 is 53.9 Å². The summed E-state index contributed by atoms with van der Waals surface area (Å²) < 4.78 is 37.5. The average molecular weight is 533 g/mol. The van der Waals surface area contributed by atoms with Gasteiger partial charge < -0.3 is 42.7 Å². The molecule has 0 aromatic rings. The van der Waals surface area contributed by atoms with Crippen molar-refractivity contribution in [3.8, 4) is 0 Å². The first-order valence-electron chi connectivity index (χ1n) is 10.0. The van der Waals surface area contributed by atoms with Crippen molar-refractivity contribution in [2.45, 2.75) is 57.2 Å². The molecule has 17 nitrogen and oxygen atoms in total. The van der Waals surface area contributed by atoms with Crippen molar-refractivity contribution in [3.63, 3.8) is 0 Å². The van der Waals surface area contributed by atoms with Crippen molar-refractivity contribution in [3.05, 3.63) is 0 Å². The Balaban J connectivity index is 5.06. The SMILES string of the molecule is C[C@H](NC(=O)[C@H](CCCN)NS(=O)(=O)NP(=O)(O)O)C(=O)N[C@@H](CCCCN=C(N)N)C(=O)O. The van der Waals surface area contributed by atoms with Gasteiger partial charge in [0.1, 0.15) is 18.1 Å². The number of aliphatic carboxylic acids is 1. The Hall–Kier alpha value is -2.34. The van der Waals surface area contributed by atoms with Gasteiger partial charge in [0.05, 0.1) is 0 Å². The van der Waals surface area contributed by atoms with E-state index in [-0.39, 0.29) is 38.3 Å². The topological polar surface area (TPSA) is 302 Å². The normalized spacial score (nSPS) is 14.5. The highest BCUT2D eigenvalue weighted by atomic mass is 32.2. The molecule has 34 heavy (non-hydrogen) atoms. The van der Waals surface area contributed by atoms with E-state index in [0.29, 0.717) is 12.8 Å². The Bertz CT molecular complexity index is 875. The van der Waals surface area contributed by atoms with Crippen LogP contribution in [0.1, 0.15) is 39.0 Å². The molecule has 0 unspecified atom stereocenters. The van der Waals surface area contributed by atoms with Crippen LogP contribution >= 0.6 is 7.75 Å². The fourth-order valence-corrected chi connectivity index (χ4v) is 4.60. The molecule has 0 aliphatic rings. The molecule has 0 saturated carbocycles. The average Bonchev–Trinajstić information content (AvgIpc) is 2.67. The number of carbonyl (C=O) groups excluding carboxylic acids is 2. The minimum atomic E-state index is -5.18. The molecule has 0 spiro atoms. The predicted molar refractivity (Wildman–Crippen MR) is 121 cm³/mol. The van der Waals surface area contributed by atoms with E-state index in [1.165, 1.54) is 6.92 Å². The number of nitrogens with one attached hydrogen (secondary N) is 4. The van der Waals surface area contributed by atoms with Crippen LogP contribution < -0.4 is 37.0 Å². The maximum Gasteiger partial charge on any atom is 0.414 e. The van der Waals surface area contributed by atoms with Gasteiger partial charge in [0.15, 0.2) is 5.96 Å². The van der Waals surface area contributed by atoms with Crippen LogP contribution in [-0.2, 0) is 29.2 Å². The molecule has 0 aromatic heterocycles. The Morgan fingerprint density at radius 2 is 1.59 bits per heavy atom. The largest absolute Gasteiger partial charge is 0.480 e. The number of carboxylic acid groups (broad SMARTS) is 1. The molecule has 3 atom stereocenters. The van der Waals surface area contributed by atoms with E-state index >= 15 is 0 Å². The van der Waals surface area contributed by atoms with Crippen molar-refractivity contribution in [2.75, 3.05) is 13.1 Å². The number of unbranched alkanes of at least 4 members (excludes halogenated alkanes) is 1. The molecule has 13 N–H and O–H groups in total. The molecule has 198 valence electrons. The highest BCUT2D eigenvalue weighted by Gasteiger charge is 2.31. The molecule has 0 heterocycles. The van der Waals surface area contributed by atoms with Crippen molar-refractivity contribution in [1.29, 1.82) is 0 Å². The van der Waals surface area contributed by atoms with E-state index in [1.54, 1.807) is 4.72 Å². The van der Waals surface area contributed by atoms with Crippen LogP contribution in [0.25, 0.3) is 0 Å². The number of aliphatic imine (C=N–C) groups is 1. The summed E-state index contributed by atoms with van der Waals surface area (Å²) in [5, 5.41) is 13.8. The van der Waals surface area contributed by atoms with E-state index in [1.807, 2.05) is 0 Å². The number of hydrogen-bond donors (Lipinski definition) is 10. The Labute approximate surface area is 196 Å². The van der Waals surface area contributed by atoms with Crippen LogP contribution in [0.5, 0.6) is 0 Å². The van der Waals surface area contributed by atoms with Crippen LogP contribution in [0.2, 0.25) is 0 Å². The van der Waals surface area contributed by atoms with Crippen LogP contribution in [0.3, 0.4) is 0 Å². The Morgan fingerprint density at radius 3 is 2.09 bits per heavy atom. The van der Waals surface area contributed by atoms with Gasteiger partial charge in [-0.05, 0) is 45.6 Å². The summed E-state index contributed by atoms with van der Waals surface area (Å²) in [6.07, 6.45) is 0.929. The smallest absolute Gasteiger partial charge is 0.414 e. The number of rotatable bonds is 17. The molecular weight excluding hydrogens is 499 g/mol. The van der Waals surface area contributed by atoms with Gasteiger partial charge in [-0.1, -0.05) is 0 Å². The lowest BCUT2D eigenvalue weighted by atomic mass is 10.1. The lowest BCUT2D eigenvalue weighted by molar-refractivity contribution is -0.142. The number of carbonyl (C=O) groups is 3. The monoisotopic (exact) mass is 532 g/mol. The first-order chi connectivity index (χ1) is 15.6. The summed E-state index contributed by atoms with van der Waals surface area (Å²) in [6.45, 7) is 1.61. The molecule has 0 aromatic carbocycles. The number of nitrogens with two attached hydrogens (primary N) is 3. The summed E-state index contributed by atoms with van der Waals surface area (Å²) in [5.41, 5.74) is 15.7. The maximum absolute atomic E-state index is 12.5. The molecule has 0 aliphatic carbocycles. The number of amides is 2. The Morgan fingerprint density at radius 1 is 1.00 bits per heavy atom. The highest BCUT2D eigenvalue weighted by Crippen LogP contribution is 2.29. The highest BCUT2D eigenvalue weighted by molar-refractivity contribution is 7.92. The van der Waals surface area contributed by atoms with E-state index in [2.05, 4.69) is 15.6 Å². The van der Waals surface area contributed by atoms with Crippen LogP contribution in [0.15, 0.2) is 4.99 Å². The molecule has 19 heteroatoms. The van der Waals surface area contributed by atoms with Gasteiger partial charge in [-0.3, -0.25) is 14.6 Å². The molecule has 0 saturated heterocycles. The minimum absolute atomic E-state index is 0.0642. The maximum atomic E-state index is 12.5. The van der Waals surface area contributed by atoms with Crippen molar-refractivity contribution in [2.24, 2.45) is 22.2 Å². The van der Waals surface area contributed by atoms with Gasteiger partial charge >= 0.3 is 13.7 Å². The third-order valence-corrected chi connectivity index (χ3v) is 6.62. The fourth-order valence-electron chi connectivity index (χ4n) is 2.54. The number of carboxylic acids is 1. The number of guanidine groups is 1. The van der Waals surface area contributed by atoms with Gasteiger partial charge in [-0.15, -0.1) is 4.49 Å². The summed E-state index contributed by atoms with van der Waals surface area (Å²) in [6, 6.07) is -4.05. The molecule has 0 rings (SSSR count). The molecule has 0 fully saturated rings. The third kappa shape index (κ3) is 14.7. The predicted octanol–water partition coefficient (Wildman–Crippen LogP) is -3.87. The van der Waals surface area contributed by atoms with Gasteiger partial charge in [-0.2, -0.15) is 13.1 Å². The molecular formula is C15H33N8O9PS. The third-order valence-electron chi connectivity index (χ3n) is 4.11. The van der Waals surface area contributed by atoms with Gasteiger partial charge in [0.2, 0.25) is 11.8 Å². The summed E-state index contributed by atoms with van der Waals surface area (Å²) >= 11 is 0. The standard InChI is InChI=1S/C15H33N8O9PS/c1-9(12(24)21-11(14(26)27)5-2-3-8-19-15(17)18)20-13(25)10(6-4-7-16)22-34(31,32)23-33(28,29)30/h9-11,22H,2-8,16H2,1H3,(H,20,25)(H,21,24)(H,26,27)(H4,17,18,19)(H3,23,28,29,30)/t9-,10-,11-/m0/s1. The molecule has 0 bridgehead atoms. The van der Waals surface area contributed by atoms with Crippen LogP contribution in [-0.4, -0.2) is 78.3 Å². The second kappa shape index (κ2) is 14.8. The molecule has 0 aliphatic heterocycles. The van der Waals surface area contributed by atoms with Crippen molar-refractivity contribution < 1.29 is 42.3 Å². The quantitative estimate of drug-likeness (QED) is 0.0372. The minimum Gasteiger partial charge on any atom is -0.480 e. The van der Waals surface area contributed by atoms with Crippen molar-refractivity contribution in [1.82, 2.24) is 19.8 Å². The second-order valence-corrected chi connectivity index (χ2v) is 10.2. The number of nitrogens with zero attached hydrogens (tertiary/aromatic N) is 1. The van der Waals surface area contributed by atoms with E-state index in [9.17, 15) is 32.5 Å². The molecule has 0 radical (unpaired) electrons. The second-order valence-electron chi connectivity index (χ2n) is 7.17. The van der Waals surface area contributed by atoms with Gasteiger partial charge in [0.25, 0.3) is 10.2 Å². The fraction of sp³-hybridized carbons (Fsp3) is 0.733. The summed E-state index contributed by atoms with van der Waals surface area (Å²) in [7, 11) is -9.97. The summed E-state index contributed by atoms with van der Waals surface area (Å²) in [5.74, 6) is -3.24. The zero-order chi connectivity index (χ0) is 26.5. The zero-order valence-electron chi connectivity index (χ0n) is 18.5.